The van der Waals surface area contributed by atoms with Crippen LogP contribution in [0.25, 0.3) is 0 Å². The van der Waals surface area contributed by atoms with E-state index >= 15 is 0 Å². The summed E-state index contributed by atoms with van der Waals surface area (Å²) in [6.45, 7) is 3.52. The highest BCUT2D eigenvalue weighted by atomic mass is 16.7. The van der Waals surface area contributed by atoms with E-state index in [2.05, 4.69) is 55.6 Å². The predicted molar refractivity (Wildman–Crippen MR) is 213 cm³/mol. The van der Waals surface area contributed by atoms with Crippen LogP contribution in [0.4, 0.5) is 0 Å². The number of aliphatic hydroxyl groups excluding tert-OH is 6. The molecule has 1 rings (SSSR count). The standard InChI is InChI=1S/C43H77NO9/c1-3-5-7-9-11-13-15-17-18-20-21-23-25-27-29-31-36(46)35(34-52-43-41(50)40(49)39(48)38(33-45)53-43)44-42(51)37(47)32-30-28-26-24-22-19-16-14-12-10-8-6-4-2/h15,17,21-24,29,31,35-41,43,45-50H,3-14,16,18-20,25-28,30,32-34H2,1-2H3,(H,44,51)/b17-15+,23-21+,24-22-,31-29+. The Balaban J connectivity index is 2.55. The first-order valence-corrected chi connectivity index (χ1v) is 21.0. The van der Waals surface area contributed by atoms with E-state index < -0.39 is 61.5 Å². The van der Waals surface area contributed by atoms with Crippen LogP contribution in [0.15, 0.2) is 48.6 Å². The number of aliphatic hydroxyl groups is 6. The predicted octanol–water partition coefficient (Wildman–Crippen LogP) is 6.86. The fraction of sp³-hybridized carbons (Fsp3) is 0.791. The van der Waals surface area contributed by atoms with E-state index in [1.54, 1.807) is 6.08 Å². The molecule has 8 atom stereocenters. The van der Waals surface area contributed by atoms with Crippen molar-refractivity contribution in [3.05, 3.63) is 48.6 Å². The summed E-state index contributed by atoms with van der Waals surface area (Å²) in [5, 5.41) is 64.4. The zero-order chi connectivity index (χ0) is 38.9. The number of allylic oxidation sites excluding steroid dienone is 7. The quantitative estimate of drug-likeness (QED) is 0.0280. The lowest BCUT2D eigenvalue weighted by Crippen LogP contribution is -2.60. The van der Waals surface area contributed by atoms with Gasteiger partial charge in [0.1, 0.15) is 30.5 Å². The van der Waals surface area contributed by atoms with Crippen LogP contribution < -0.4 is 5.32 Å². The summed E-state index contributed by atoms with van der Waals surface area (Å²) < 4.78 is 11.1. The van der Waals surface area contributed by atoms with Gasteiger partial charge in [-0.3, -0.25) is 4.79 Å². The van der Waals surface area contributed by atoms with Gasteiger partial charge in [0, 0.05) is 0 Å². The highest BCUT2D eigenvalue weighted by Gasteiger charge is 2.44. The maximum atomic E-state index is 13.0. The van der Waals surface area contributed by atoms with Gasteiger partial charge in [0.25, 0.3) is 0 Å². The van der Waals surface area contributed by atoms with Gasteiger partial charge in [-0.05, 0) is 70.6 Å². The third-order valence-corrected chi connectivity index (χ3v) is 9.71. The van der Waals surface area contributed by atoms with Crippen LogP contribution in [-0.2, 0) is 14.3 Å². The molecule has 0 aromatic rings. The monoisotopic (exact) mass is 752 g/mol. The van der Waals surface area contributed by atoms with Crippen LogP contribution >= 0.6 is 0 Å². The van der Waals surface area contributed by atoms with Crippen molar-refractivity contribution >= 4 is 5.91 Å². The summed E-state index contributed by atoms with van der Waals surface area (Å²) in [4.78, 5) is 13.0. The summed E-state index contributed by atoms with van der Waals surface area (Å²) in [7, 11) is 0. The Morgan fingerprint density at radius 1 is 0.642 bits per heavy atom. The summed E-state index contributed by atoms with van der Waals surface area (Å²) >= 11 is 0. The number of hydrogen-bond donors (Lipinski definition) is 7. The maximum Gasteiger partial charge on any atom is 0.249 e. The van der Waals surface area contributed by atoms with Gasteiger partial charge >= 0.3 is 0 Å². The van der Waals surface area contributed by atoms with Crippen LogP contribution in [-0.4, -0.2) is 98.7 Å². The van der Waals surface area contributed by atoms with Crippen LogP contribution in [0, 0.1) is 0 Å². The number of unbranched alkanes of at least 4 members (excludes halogenated alkanes) is 16. The molecule has 10 heteroatoms. The maximum absolute atomic E-state index is 13.0. The summed E-state index contributed by atoms with van der Waals surface area (Å²) in [6.07, 6.45) is 30.6. The molecule has 308 valence electrons. The second kappa shape index (κ2) is 33.4. The van der Waals surface area contributed by atoms with Crippen LogP contribution in [0.2, 0.25) is 0 Å². The zero-order valence-electron chi connectivity index (χ0n) is 33.1. The number of carbonyl (C=O) groups excluding carboxylic acids is 1. The van der Waals surface area contributed by atoms with Gasteiger partial charge in [-0.1, -0.05) is 133 Å². The number of hydrogen-bond acceptors (Lipinski definition) is 9. The Bertz CT molecular complexity index is 985. The molecule has 1 aliphatic rings. The number of rotatable bonds is 33. The Morgan fingerprint density at radius 2 is 1.11 bits per heavy atom. The third-order valence-electron chi connectivity index (χ3n) is 9.71. The van der Waals surface area contributed by atoms with Gasteiger partial charge in [-0.2, -0.15) is 0 Å². The molecule has 53 heavy (non-hydrogen) atoms. The topological polar surface area (TPSA) is 169 Å². The van der Waals surface area contributed by atoms with Crippen molar-refractivity contribution in [1.29, 1.82) is 0 Å². The molecular formula is C43H77NO9. The molecule has 10 nitrogen and oxygen atoms in total. The van der Waals surface area contributed by atoms with E-state index in [-0.39, 0.29) is 13.0 Å². The van der Waals surface area contributed by atoms with Crippen LogP contribution in [0.3, 0.4) is 0 Å². The molecule has 1 fully saturated rings. The molecule has 1 aliphatic heterocycles. The van der Waals surface area contributed by atoms with Gasteiger partial charge in [-0.25, -0.2) is 0 Å². The average Bonchev–Trinajstić information content (AvgIpc) is 3.16. The SMILES string of the molecule is CCCCCCC/C=C/CC/C=C/CC/C=C/C(O)C(COC1OC(CO)C(O)C(O)C1O)NC(=O)C(O)CCCC/C=C\CCCCCCCCC. The fourth-order valence-corrected chi connectivity index (χ4v) is 6.19. The fourth-order valence-electron chi connectivity index (χ4n) is 6.19. The molecule has 1 saturated heterocycles. The first-order valence-electron chi connectivity index (χ1n) is 21.0. The van der Waals surface area contributed by atoms with Gasteiger partial charge < -0.3 is 45.4 Å². The molecule has 0 radical (unpaired) electrons. The normalized spacial score (nSPS) is 22.8. The third kappa shape index (κ3) is 24.3. The highest BCUT2D eigenvalue weighted by Crippen LogP contribution is 2.22. The smallest absolute Gasteiger partial charge is 0.249 e. The molecule has 8 unspecified atom stereocenters. The Morgan fingerprint density at radius 3 is 1.64 bits per heavy atom. The van der Waals surface area contributed by atoms with Crippen molar-refractivity contribution in [1.82, 2.24) is 5.32 Å². The Hall–Kier alpha value is -1.89. The number of amides is 1. The van der Waals surface area contributed by atoms with Gasteiger partial charge in [0.05, 0.1) is 25.4 Å². The van der Waals surface area contributed by atoms with Crippen molar-refractivity contribution in [2.75, 3.05) is 13.2 Å². The number of nitrogens with one attached hydrogen (secondary N) is 1. The molecule has 0 aliphatic carbocycles. The molecule has 0 aromatic heterocycles. The van der Waals surface area contributed by atoms with E-state index in [1.165, 1.54) is 77.0 Å². The van der Waals surface area contributed by atoms with E-state index in [9.17, 15) is 35.4 Å². The van der Waals surface area contributed by atoms with Gasteiger partial charge in [0.2, 0.25) is 5.91 Å². The minimum absolute atomic E-state index is 0.269. The molecule has 0 spiro atoms. The molecule has 7 N–H and O–H groups in total. The first kappa shape index (κ1) is 49.1. The van der Waals surface area contributed by atoms with Crippen molar-refractivity contribution in [3.63, 3.8) is 0 Å². The lowest BCUT2D eigenvalue weighted by atomic mass is 9.99. The van der Waals surface area contributed by atoms with Gasteiger partial charge in [-0.15, -0.1) is 0 Å². The van der Waals surface area contributed by atoms with Crippen LogP contribution in [0.5, 0.6) is 0 Å². The highest BCUT2D eigenvalue weighted by molar-refractivity contribution is 5.80. The summed E-state index contributed by atoms with van der Waals surface area (Å²) in [6, 6.07) is -1.01. The van der Waals surface area contributed by atoms with E-state index in [0.717, 1.165) is 44.9 Å². The van der Waals surface area contributed by atoms with Gasteiger partial charge in [0.15, 0.2) is 6.29 Å². The van der Waals surface area contributed by atoms with E-state index in [4.69, 9.17) is 9.47 Å². The second-order valence-corrected chi connectivity index (χ2v) is 14.5. The molecule has 0 aromatic carbocycles. The largest absolute Gasteiger partial charge is 0.394 e. The minimum Gasteiger partial charge on any atom is -0.394 e. The van der Waals surface area contributed by atoms with Crippen molar-refractivity contribution in [3.8, 4) is 0 Å². The van der Waals surface area contributed by atoms with Crippen LogP contribution in [0.1, 0.15) is 155 Å². The second-order valence-electron chi connectivity index (χ2n) is 14.5. The average molecular weight is 752 g/mol. The molecule has 0 bridgehead atoms. The molecule has 1 heterocycles. The van der Waals surface area contributed by atoms with Crippen molar-refractivity contribution < 1.29 is 44.9 Å². The van der Waals surface area contributed by atoms with Crippen molar-refractivity contribution in [2.45, 2.75) is 204 Å². The Kier molecular flexibility index (Phi) is 31.0. The summed E-state index contributed by atoms with van der Waals surface area (Å²) in [5.74, 6) is -0.650. The zero-order valence-corrected chi connectivity index (χ0v) is 33.1. The van der Waals surface area contributed by atoms with E-state index in [1.807, 2.05) is 6.08 Å². The number of carbonyl (C=O) groups is 1. The van der Waals surface area contributed by atoms with Crippen molar-refractivity contribution in [2.24, 2.45) is 0 Å². The lowest BCUT2D eigenvalue weighted by molar-refractivity contribution is -0.302. The molecular weight excluding hydrogens is 674 g/mol. The molecule has 0 saturated carbocycles. The first-order chi connectivity index (χ1) is 25.8. The minimum atomic E-state index is -1.62. The Labute approximate surface area is 321 Å². The number of ether oxygens (including phenoxy) is 2. The summed E-state index contributed by atoms with van der Waals surface area (Å²) in [5.41, 5.74) is 0. The molecule has 1 amide bonds. The lowest BCUT2D eigenvalue weighted by Gasteiger charge is -2.40. The van der Waals surface area contributed by atoms with E-state index in [0.29, 0.717) is 12.8 Å².